The minimum Gasteiger partial charge on any atom is -0.447 e. The summed E-state index contributed by atoms with van der Waals surface area (Å²) in [6, 6.07) is 9.36. The molecule has 1 heterocycles. The average molecular weight is 291 g/mol. The summed E-state index contributed by atoms with van der Waals surface area (Å²) in [6.45, 7) is 3.65. The fourth-order valence-electron chi connectivity index (χ4n) is 2.50. The first-order valence-corrected chi connectivity index (χ1v) is 7.26. The fourth-order valence-corrected chi connectivity index (χ4v) is 2.50. The van der Waals surface area contributed by atoms with Crippen LogP contribution in [0, 0.1) is 5.92 Å². The molecule has 0 spiro atoms. The van der Waals surface area contributed by atoms with Gasteiger partial charge in [0.1, 0.15) is 6.61 Å². The van der Waals surface area contributed by atoms with Crippen molar-refractivity contribution in [2.45, 2.75) is 38.8 Å². The summed E-state index contributed by atoms with van der Waals surface area (Å²) >= 11 is 0. The second-order valence-corrected chi connectivity index (χ2v) is 5.39. The third-order valence-electron chi connectivity index (χ3n) is 3.90. The van der Waals surface area contributed by atoms with Crippen LogP contribution < -0.4 is 0 Å². The number of hydrogen-bond donors (Lipinski definition) is 1. The molecule has 1 fully saturated rings. The van der Waals surface area contributed by atoms with Crippen molar-refractivity contribution in [3.63, 3.8) is 0 Å². The van der Waals surface area contributed by atoms with E-state index < -0.39 is 18.1 Å². The number of carbonyl (C=O) groups is 2. The van der Waals surface area contributed by atoms with Crippen molar-refractivity contribution in [1.29, 1.82) is 0 Å². The molecule has 0 aliphatic carbocycles. The molecule has 1 aromatic carbocycles. The molecule has 21 heavy (non-hydrogen) atoms. The molecule has 5 heteroatoms. The quantitative estimate of drug-likeness (QED) is 0.901. The van der Waals surface area contributed by atoms with E-state index in [0.717, 1.165) is 10.5 Å². The molecule has 1 aliphatic heterocycles. The number of amides is 2. The lowest BCUT2D eigenvalue weighted by Gasteiger charge is -2.25. The maximum Gasteiger partial charge on any atom is 0.416 e. The Morgan fingerprint density at radius 2 is 2.10 bits per heavy atom. The SMILES string of the molecule is CCC(O)C(C)C(=O)N1C(=O)OC[C@H]1Cc1ccccc1. The van der Waals surface area contributed by atoms with Gasteiger partial charge in [0.25, 0.3) is 0 Å². The lowest BCUT2D eigenvalue weighted by Crippen LogP contribution is -2.45. The monoisotopic (exact) mass is 291 g/mol. The molecule has 5 nitrogen and oxygen atoms in total. The van der Waals surface area contributed by atoms with Crippen molar-refractivity contribution in [3.8, 4) is 0 Å². The molecule has 1 aromatic rings. The fraction of sp³-hybridized carbons (Fsp3) is 0.500. The molecule has 2 amide bonds. The Balaban J connectivity index is 2.11. The number of aliphatic hydroxyl groups excluding tert-OH is 1. The molecule has 1 N–H and O–H groups in total. The highest BCUT2D eigenvalue weighted by molar-refractivity contribution is 5.94. The zero-order chi connectivity index (χ0) is 15.4. The zero-order valence-corrected chi connectivity index (χ0v) is 12.4. The van der Waals surface area contributed by atoms with Crippen LogP contribution in [-0.2, 0) is 16.0 Å². The van der Waals surface area contributed by atoms with Crippen LogP contribution in [0.5, 0.6) is 0 Å². The summed E-state index contributed by atoms with van der Waals surface area (Å²) in [5, 5.41) is 9.82. The van der Waals surface area contributed by atoms with Gasteiger partial charge in [-0.15, -0.1) is 0 Å². The summed E-state index contributed by atoms with van der Waals surface area (Å²) in [5.74, 6) is -0.980. The number of aliphatic hydroxyl groups is 1. The lowest BCUT2D eigenvalue weighted by atomic mass is 9.99. The molecule has 0 aromatic heterocycles. The first kappa shape index (κ1) is 15.5. The van der Waals surface area contributed by atoms with E-state index in [9.17, 15) is 14.7 Å². The molecule has 2 rings (SSSR count). The summed E-state index contributed by atoms with van der Waals surface area (Å²) in [5.41, 5.74) is 1.04. The van der Waals surface area contributed by atoms with Crippen LogP contribution in [0.1, 0.15) is 25.8 Å². The maximum absolute atomic E-state index is 12.4. The number of nitrogens with zero attached hydrogens (tertiary/aromatic N) is 1. The standard InChI is InChI=1S/C16H21NO4/c1-3-14(18)11(2)15(19)17-13(10-21-16(17)20)9-12-7-5-4-6-8-12/h4-8,11,13-14,18H,3,9-10H2,1-2H3/t11?,13-,14?/m1/s1. The van der Waals surface area contributed by atoms with Gasteiger partial charge in [-0.3, -0.25) is 4.79 Å². The first-order chi connectivity index (χ1) is 10.0. The number of benzene rings is 1. The highest BCUT2D eigenvalue weighted by Crippen LogP contribution is 2.21. The molecule has 0 saturated carbocycles. The van der Waals surface area contributed by atoms with Gasteiger partial charge in [-0.1, -0.05) is 44.2 Å². The summed E-state index contributed by atoms with van der Waals surface area (Å²) in [6.07, 6.45) is -0.328. The van der Waals surface area contributed by atoms with Gasteiger partial charge in [0, 0.05) is 0 Å². The predicted molar refractivity (Wildman–Crippen MR) is 77.6 cm³/mol. The van der Waals surface area contributed by atoms with Crippen molar-refractivity contribution in [3.05, 3.63) is 35.9 Å². The number of carbonyl (C=O) groups excluding carboxylic acids is 2. The van der Waals surface area contributed by atoms with Crippen molar-refractivity contribution >= 4 is 12.0 Å². The number of ether oxygens (including phenoxy) is 1. The Labute approximate surface area is 124 Å². The van der Waals surface area contributed by atoms with Gasteiger partial charge in [0.15, 0.2) is 0 Å². The van der Waals surface area contributed by atoms with Crippen LogP contribution in [0.4, 0.5) is 4.79 Å². The van der Waals surface area contributed by atoms with Crippen molar-refractivity contribution in [2.24, 2.45) is 5.92 Å². The second kappa shape index (κ2) is 6.72. The summed E-state index contributed by atoms with van der Waals surface area (Å²) < 4.78 is 5.02. The largest absolute Gasteiger partial charge is 0.447 e. The third-order valence-corrected chi connectivity index (χ3v) is 3.90. The normalized spacial score (nSPS) is 21.0. The van der Waals surface area contributed by atoms with E-state index in [1.165, 1.54) is 0 Å². The molecule has 3 atom stereocenters. The summed E-state index contributed by atoms with van der Waals surface area (Å²) in [7, 11) is 0. The van der Waals surface area contributed by atoms with Gasteiger partial charge in [0.05, 0.1) is 18.1 Å². The topological polar surface area (TPSA) is 66.8 Å². The average Bonchev–Trinajstić information content (AvgIpc) is 2.86. The van der Waals surface area contributed by atoms with Crippen LogP contribution >= 0.6 is 0 Å². The van der Waals surface area contributed by atoms with Gasteiger partial charge in [-0.05, 0) is 18.4 Å². The molecule has 1 aliphatic rings. The van der Waals surface area contributed by atoms with E-state index in [2.05, 4.69) is 0 Å². The van der Waals surface area contributed by atoms with Gasteiger partial charge < -0.3 is 9.84 Å². The van der Waals surface area contributed by atoms with Gasteiger partial charge in [-0.25, -0.2) is 9.69 Å². The van der Waals surface area contributed by atoms with E-state index in [-0.39, 0.29) is 18.6 Å². The molecule has 2 unspecified atom stereocenters. The number of rotatable bonds is 5. The number of imide groups is 1. The van der Waals surface area contributed by atoms with E-state index in [0.29, 0.717) is 12.8 Å². The van der Waals surface area contributed by atoms with Gasteiger partial charge in [-0.2, -0.15) is 0 Å². The van der Waals surface area contributed by atoms with Crippen molar-refractivity contribution < 1.29 is 19.4 Å². The zero-order valence-electron chi connectivity index (χ0n) is 12.4. The Morgan fingerprint density at radius 3 is 2.71 bits per heavy atom. The van der Waals surface area contributed by atoms with Crippen molar-refractivity contribution in [1.82, 2.24) is 4.90 Å². The minimum atomic E-state index is -0.747. The first-order valence-electron chi connectivity index (χ1n) is 7.26. The molecular formula is C16H21NO4. The van der Waals surface area contributed by atoms with Crippen LogP contribution in [0.15, 0.2) is 30.3 Å². The Kier molecular flexibility index (Phi) is 4.96. The Hall–Kier alpha value is -1.88. The van der Waals surface area contributed by atoms with Crippen LogP contribution in [0.25, 0.3) is 0 Å². The van der Waals surface area contributed by atoms with Gasteiger partial charge >= 0.3 is 6.09 Å². The number of cyclic esters (lactones) is 1. The van der Waals surface area contributed by atoms with E-state index in [4.69, 9.17) is 4.74 Å². The molecule has 1 saturated heterocycles. The maximum atomic E-state index is 12.4. The van der Waals surface area contributed by atoms with Crippen LogP contribution in [0.2, 0.25) is 0 Å². The van der Waals surface area contributed by atoms with E-state index >= 15 is 0 Å². The predicted octanol–water partition coefficient (Wildman–Crippen LogP) is 1.98. The van der Waals surface area contributed by atoms with Gasteiger partial charge in [0.2, 0.25) is 5.91 Å². The van der Waals surface area contributed by atoms with E-state index in [1.807, 2.05) is 30.3 Å². The summed E-state index contributed by atoms with van der Waals surface area (Å²) in [4.78, 5) is 25.4. The molecule has 114 valence electrons. The Bertz CT molecular complexity index is 502. The lowest BCUT2D eigenvalue weighted by molar-refractivity contribution is -0.136. The molecule has 0 bridgehead atoms. The molecular weight excluding hydrogens is 270 g/mol. The van der Waals surface area contributed by atoms with Crippen LogP contribution in [0.3, 0.4) is 0 Å². The Morgan fingerprint density at radius 1 is 1.43 bits per heavy atom. The van der Waals surface area contributed by atoms with Crippen molar-refractivity contribution in [2.75, 3.05) is 6.61 Å². The number of hydrogen-bond acceptors (Lipinski definition) is 4. The highest BCUT2D eigenvalue weighted by Gasteiger charge is 2.40. The minimum absolute atomic E-state index is 0.203. The molecule has 0 radical (unpaired) electrons. The smallest absolute Gasteiger partial charge is 0.416 e. The second-order valence-electron chi connectivity index (χ2n) is 5.39. The highest BCUT2D eigenvalue weighted by atomic mass is 16.6. The van der Waals surface area contributed by atoms with E-state index in [1.54, 1.807) is 13.8 Å². The third kappa shape index (κ3) is 3.42. The van der Waals surface area contributed by atoms with Crippen LogP contribution in [-0.4, -0.2) is 40.8 Å².